The number of carbonyl (C=O) groups excluding carboxylic acids is 1. The molecule has 0 spiro atoms. The van der Waals surface area contributed by atoms with E-state index in [1.54, 1.807) is 29.2 Å². The molecule has 6 nitrogen and oxygen atoms in total. The summed E-state index contributed by atoms with van der Waals surface area (Å²) in [4.78, 5) is 17.7. The third-order valence-corrected chi connectivity index (χ3v) is 8.29. The van der Waals surface area contributed by atoms with Crippen molar-refractivity contribution in [2.24, 2.45) is 0 Å². The van der Waals surface area contributed by atoms with Crippen LogP contribution in [0.5, 0.6) is 0 Å². The van der Waals surface area contributed by atoms with E-state index in [-0.39, 0.29) is 10.8 Å². The monoisotopic (exact) mass is 477 g/mol. The summed E-state index contributed by atoms with van der Waals surface area (Å²) < 4.78 is 29.6. The Morgan fingerprint density at radius 3 is 1.97 bits per heavy atom. The molecule has 0 aromatic heterocycles. The normalized spacial score (nSPS) is 14.2. The van der Waals surface area contributed by atoms with Gasteiger partial charge in [-0.25, -0.2) is 8.42 Å². The van der Waals surface area contributed by atoms with Crippen LogP contribution in [-0.2, 0) is 10.0 Å². The van der Waals surface area contributed by atoms with Crippen LogP contribution in [0.1, 0.15) is 32.6 Å². The quantitative estimate of drug-likeness (QED) is 0.579. The first-order valence-corrected chi connectivity index (χ1v) is 13.0. The van der Waals surface area contributed by atoms with Crippen molar-refractivity contribution in [1.29, 1.82) is 0 Å². The molecule has 0 aliphatic carbocycles. The molecule has 0 saturated carbocycles. The fourth-order valence-electron chi connectivity index (χ4n) is 4.52. The number of benzene rings is 3. The van der Waals surface area contributed by atoms with Gasteiger partial charge in [0.1, 0.15) is 0 Å². The Bertz CT molecular complexity index is 1290. The maximum absolute atomic E-state index is 13.5. The van der Waals surface area contributed by atoms with E-state index >= 15 is 0 Å². The average Bonchev–Trinajstić information content (AvgIpc) is 2.83. The van der Waals surface area contributed by atoms with Gasteiger partial charge in [0.25, 0.3) is 15.9 Å². The summed E-state index contributed by atoms with van der Waals surface area (Å²) in [7, 11) is -3.88. The number of nitrogens with zero attached hydrogens (tertiary/aromatic N) is 2. The first-order chi connectivity index (χ1) is 16.2. The van der Waals surface area contributed by atoms with E-state index in [4.69, 9.17) is 0 Å². The third-order valence-electron chi connectivity index (χ3n) is 6.66. The summed E-state index contributed by atoms with van der Waals surface area (Å²) in [6, 6.07) is 19.0. The second-order valence-corrected chi connectivity index (χ2v) is 10.5. The lowest BCUT2D eigenvalue weighted by Gasteiger charge is -2.36. The number of aryl methyl sites for hydroxylation is 2. The van der Waals surface area contributed by atoms with E-state index in [0.29, 0.717) is 24.3 Å². The molecule has 0 bridgehead atoms. The number of carbonyl (C=O) groups is 1. The van der Waals surface area contributed by atoms with E-state index < -0.39 is 10.0 Å². The van der Waals surface area contributed by atoms with Crippen LogP contribution in [0.25, 0.3) is 0 Å². The summed E-state index contributed by atoms with van der Waals surface area (Å²) >= 11 is 0. The van der Waals surface area contributed by atoms with E-state index in [1.807, 2.05) is 52.0 Å². The van der Waals surface area contributed by atoms with Gasteiger partial charge in [0.05, 0.1) is 16.1 Å². The van der Waals surface area contributed by atoms with Gasteiger partial charge in [-0.1, -0.05) is 36.4 Å². The van der Waals surface area contributed by atoms with Crippen LogP contribution in [-0.4, -0.2) is 45.4 Å². The number of amides is 1. The molecule has 1 heterocycles. The van der Waals surface area contributed by atoms with E-state index in [9.17, 15) is 13.2 Å². The van der Waals surface area contributed by atoms with E-state index in [2.05, 4.69) is 21.8 Å². The lowest BCUT2D eigenvalue weighted by Crippen LogP contribution is -2.48. The Morgan fingerprint density at radius 1 is 0.794 bits per heavy atom. The van der Waals surface area contributed by atoms with Crippen LogP contribution in [0.3, 0.4) is 0 Å². The zero-order valence-corrected chi connectivity index (χ0v) is 20.9. The minimum Gasteiger partial charge on any atom is -0.368 e. The largest absolute Gasteiger partial charge is 0.368 e. The topological polar surface area (TPSA) is 69.7 Å². The van der Waals surface area contributed by atoms with Gasteiger partial charge in [0.15, 0.2) is 0 Å². The van der Waals surface area contributed by atoms with Crippen molar-refractivity contribution in [3.63, 3.8) is 0 Å². The molecule has 7 heteroatoms. The van der Waals surface area contributed by atoms with Gasteiger partial charge in [-0.15, -0.1) is 0 Å². The molecule has 3 aromatic carbocycles. The highest BCUT2D eigenvalue weighted by atomic mass is 32.2. The number of sulfonamides is 1. The fraction of sp³-hybridized carbons (Fsp3) is 0.296. The molecule has 0 radical (unpaired) electrons. The van der Waals surface area contributed by atoms with Gasteiger partial charge in [-0.3, -0.25) is 9.52 Å². The summed E-state index contributed by atoms with van der Waals surface area (Å²) in [5.41, 5.74) is 5.08. The Morgan fingerprint density at radius 2 is 1.35 bits per heavy atom. The minimum atomic E-state index is -3.88. The lowest BCUT2D eigenvalue weighted by atomic mass is 10.0. The number of nitrogens with one attached hydrogen (secondary N) is 1. The Labute approximate surface area is 202 Å². The van der Waals surface area contributed by atoms with E-state index in [0.717, 1.165) is 41.0 Å². The SMILES string of the molecule is Cc1cc(C)c(C)c(S(=O)(=O)Nc2ccccc2C(=O)N2CCN(c3ccccc3)CC2)c1C. The molecular weight excluding hydrogens is 446 g/mol. The molecule has 0 atom stereocenters. The molecular formula is C27H31N3O3S. The van der Waals surface area contributed by atoms with Crippen molar-refractivity contribution in [3.05, 3.63) is 88.5 Å². The van der Waals surface area contributed by atoms with Crippen molar-refractivity contribution in [2.45, 2.75) is 32.6 Å². The molecule has 0 unspecified atom stereocenters. The van der Waals surface area contributed by atoms with Crippen LogP contribution in [0.4, 0.5) is 11.4 Å². The zero-order chi connectivity index (χ0) is 24.5. The molecule has 4 rings (SSSR count). The number of hydrogen-bond acceptors (Lipinski definition) is 4. The minimum absolute atomic E-state index is 0.167. The van der Waals surface area contributed by atoms with Crippen LogP contribution >= 0.6 is 0 Å². The van der Waals surface area contributed by atoms with Gasteiger partial charge < -0.3 is 9.80 Å². The number of rotatable bonds is 5. The molecule has 178 valence electrons. The summed E-state index contributed by atoms with van der Waals surface area (Å²) in [5, 5.41) is 0. The molecule has 34 heavy (non-hydrogen) atoms. The maximum atomic E-state index is 13.5. The highest BCUT2D eigenvalue weighted by Gasteiger charge is 2.27. The van der Waals surface area contributed by atoms with Crippen molar-refractivity contribution >= 4 is 27.3 Å². The van der Waals surface area contributed by atoms with Gasteiger partial charge in [-0.2, -0.15) is 0 Å². The standard InChI is InChI=1S/C27H31N3O3S/c1-19-18-20(2)22(4)26(21(19)3)34(32,33)28-25-13-9-8-12-24(25)27(31)30-16-14-29(15-17-30)23-10-6-5-7-11-23/h5-13,18,28H,14-17H2,1-4H3. The molecule has 1 aliphatic rings. The van der Waals surface area contributed by atoms with Crippen molar-refractivity contribution in [2.75, 3.05) is 35.8 Å². The smallest absolute Gasteiger partial charge is 0.262 e. The van der Waals surface area contributed by atoms with Gasteiger partial charge in [0.2, 0.25) is 0 Å². The molecule has 1 saturated heterocycles. The summed E-state index contributed by atoms with van der Waals surface area (Å²) in [5.74, 6) is -0.167. The van der Waals surface area contributed by atoms with Crippen LogP contribution in [0.2, 0.25) is 0 Å². The predicted octanol–water partition coefficient (Wildman–Crippen LogP) is 4.68. The molecule has 1 aliphatic heterocycles. The fourth-order valence-corrected chi connectivity index (χ4v) is 6.21. The van der Waals surface area contributed by atoms with Crippen LogP contribution < -0.4 is 9.62 Å². The van der Waals surface area contributed by atoms with Crippen LogP contribution in [0.15, 0.2) is 65.6 Å². The second-order valence-electron chi connectivity index (χ2n) is 8.86. The zero-order valence-electron chi connectivity index (χ0n) is 20.1. The third kappa shape index (κ3) is 4.66. The maximum Gasteiger partial charge on any atom is 0.262 e. The Kier molecular flexibility index (Phi) is 6.66. The molecule has 3 aromatic rings. The highest BCUT2D eigenvalue weighted by Crippen LogP contribution is 2.29. The van der Waals surface area contributed by atoms with Crippen molar-refractivity contribution in [3.8, 4) is 0 Å². The first kappa shape index (κ1) is 23.8. The number of piperazine rings is 1. The number of hydrogen-bond donors (Lipinski definition) is 1. The molecule has 1 N–H and O–H groups in total. The molecule has 1 fully saturated rings. The number of anilines is 2. The van der Waals surface area contributed by atoms with Gasteiger partial charge in [0, 0.05) is 31.9 Å². The van der Waals surface area contributed by atoms with Crippen LogP contribution in [0, 0.1) is 27.7 Å². The lowest BCUT2D eigenvalue weighted by molar-refractivity contribution is 0.0748. The Balaban J connectivity index is 1.57. The van der Waals surface area contributed by atoms with Gasteiger partial charge >= 0.3 is 0 Å². The van der Waals surface area contributed by atoms with Gasteiger partial charge in [-0.05, 0) is 74.2 Å². The predicted molar refractivity (Wildman–Crippen MR) is 137 cm³/mol. The highest BCUT2D eigenvalue weighted by molar-refractivity contribution is 7.92. The average molecular weight is 478 g/mol. The first-order valence-electron chi connectivity index (χ1n) is 11.5. The summed E-state index contributed by atoms with van der Waals surface area (Å²) in [6.45, 7) is 10.1. The van der Waals surface area contributed by atoms with Crippen molar-refractivity contribution in [1.82, 2.24) is 4.90 Å². The molecule has 1 amide bonds. The van der Waals surface area contributed by atoms with E-state index in [1.165, 1.54) is 0 Å². The van der Waals surface area contributed by atoms with Crippen molar-refractivity contribution < 1.29 is 13.2 Å². The summed E-state index contributed by atoms with van der Waals surface area (Å²) in [6.07, 6.45) is 0. The second kappa shape index (κ2) is 9.50. The Hall–Kier alpha value is -3.32. The number of para-hydroxylation sites is 2.